The molecule has 0 aromatic heterocycles. The summed E-state index contributed by atoms with van der Waals surface area (Å²) in [4.78, 5) is 26.5. The molecule has 2 unspecified atom stereocenters. The highest BCUT2D eigenvalue weighted by atomic mass is 35.5. The van der Waals surface area contributed by atoms with Crippen LogP contribution in [0.3, 0.4) is 0 Å². The molecule has 3 rings (SSSR count). The Balaban J connectivity index is 0.00000261. The van der Waals surface area contributed by atoms with E-state index in [1.165, 1.54) is 12.1 Å². The van der Waals surface area contributed by atoms with Crippen molar-refractivity contribution in [2.75, 3.05) is 38.0 Å². The molecule has 1 aromatic rings. The molecule has 3 amide bonds. The Bertz CT molecular complexity index is 640. The summed E-state index contributed by atoms with van der Waals surface area (Å²) in [5.74, 6) is -0.171. The van der Waals surface area contributed by atoms with Crippen molar-refractivity contribution in [3.63, 3.8) is 0 Å². The largest absolute Gasteiger partial charge is 0.355 e. The summed E-state index contributed by atoms with van der Waals surface area (Å²) in [6.45, 7) is 3.64. The van der Waals surface area contributed by atoms with Crippen LogP contribution in [-0.4, -0.2) is 49.6 Å². The number of likely N-dealkylation sites (tertiary alicyclic amines) is 1. The van der Waals surface area contributed by atoms with Crippen molar-refractivity contribution < 1.29 is 14.0 Å². The standard InChI is InChI=1S/C19H27FN4O2.ClH/c20-16-7-1-2-8-17(16)23-19(26)24-10-4-6-15(13-24)18(25)22-12-14-5-3-9-21-11-14;/h1-2,7-8,14-15,21H,3-6,9-13H2,(H,22,25)(H,23,26);1H. The molecule has 2 fully saturated rings. The second-order valence-corrected chi connectivity index (χ2v) is 7.15. The fraction of sp³-hybridized carbons (Fsp3) is 0.579. The second-order valence-electron chi connectivity index (χ2n) is 7.15. The summed E-state index contributed by atoms with van der Waals surface area (Å²) in [6.07, 6.45) is 3.83. The Morgan fingerprint density at radius 3 is 2.78 bits per heavy atom. The van der Waals surface area contributed by atoms with E-state index in [0.29, 0.717) is 25.6 Å². The van der Waals surface area contributed by atoms with Crippen LogP contribution in [0.1, 0.15) is 25.7 Å². The van der Waals surface area contributed by atoms with Gasteiger partial charge in [-0.1, -0.05) is 12.1 Å². The van der Waals surface area contributed by atoms with E-state index in [2.05, 4.69) is 16.0 Å². The number of para-hydroxylation sites is 1. The number of hydrogen-bond donors (Lipinski definition) is 3. The number of urea groups is 1. The molecule has 6 nitrogen and oxygen atoms in total. The van der Waals surface area contributed by atoms with Crippen LogP contribution < -0.4 is 16.0 Å². The molecule has 2 heterocycles. The molecule has 8 heteroatoms. The fourth-order valence-electron chi connectivity index (χ4n) is 3.62. The minimum Gasteiger partial charge on any atom is -0.355 e. The van der Waals surface area contributed by atoms with E-state index in [9.17, 15) is 14.0 Å². The summed E-state index contributed by atoms with van der Waals surface area (Å²) in [7, 11) is 0. The highest BCUT2D eigenvalue weighted by molar-refractivity contribution is 5.90. The van der Waals surface area contributed by atoms with Crippen molar-refractivity contribution in [2.24, 2.45) is 11.8 Å². The lowest BCUT2D eigenvalue weighted by molar-refractivity contribution is -0.126. The Labute approximate surface area is 165 Å². The van der Waals surface area contributed by atoms with Gasteiger partial charge in [0.1, 0.15) is 5.82 Å². The molecular weight excluding hydrogens is 371 g/mol. The lowest BCUT2D eigenvalue weighted by Crippen LogP contribution is -2.48. The first-order chi connectivity index (χ1) is 12.6. The van der Waals surface area contributed by atoms with Gasteiger partial charge in [0.15, 0.2) is 0 Å². The van der Waals surface area contributed by atoms with Crippen LogP contribution in [0, 0.1) is 17.7 Å². The van der Waals surface area contributed by atoms with Crippen LogP contribution in [0.5, 0.6) is 0 Å². The fourth-order valence-corrected chi connectivity index (χ4v) is 3.62. The molecule has 3 N–H and O–H groups in total. The number of carbonyl (C=O) groups is 2. The second kappa shape index (κ2) is 10.5. The predicted octanol–water partition coefficient (Wildman–Crippen LogP) is 2.61. The summed E-state index contributed by atoms with van der Waals surface area (Å²) in [5, 5.41) is 8.98. The van der Waals surface area contributed by atoms with Crippen molar-refractivity contribution in [2.45, 2.75) is 25.7 Å². The molecule has 27 heavy (non-hydrogen) atoms. The Morgan fingerprint density at radius 1 is 1.22 bits per heavy atom. The molecule has 0 saturated carbocycles. The average molecular weight is 399 g/mol. The van der Waals surface area contributed by atoms with Gasteiger partial charge in [0, 0.05) is 19.6 Å². The van der Waals surface area contributed by atoms with Crippen molar-refractivity contribution in [3.05, 3.63) is 30.1 Å². The zero-order valence-corrected chi connectivity index (χ0v) is 16.2. The zero-order chi connectivity index (χ0) is 18.4. The van der Waals surface area contributed by atoms with Crippen LogP contribution in [-0.2, 0) is 4.79 Å². The van der Waals surface area contributed by atoms with Crippen molar-refractivity contribution in [1.29, 1.82) is 0 Å². The molecule has 0 bridgehead atoms. The number of carbonyl (C=O) groups excluding carboxylic acids is 2. The van der Waals surface area contributed by atoms with Gasteiger partial charge in [-0.3, -0.25) is 4.79 Å². The van der Waals surface area contributed by atoms with Crippen LogP contribution in [0.4, 0.5) is 14.9 Å². The number of nitrogens with zero attached hydrogens (tertiary/aromatic N) is 1. The third kappa shape index (κ3) is 6.07. The first-order valence-electron chi connectivity index (χ1n) is 9.42. The molecule has 150 valence electrons. The van der Waals surface area contributed by atoms with Gasteiger partial charge in [0.05, 0.1) is 11.6 Å². The van der Waals surface area contributed by atoms with Crippen LogP contribution in [0.15, 0.2) is 24.3 Å². The van der Waals surface area contributed by atoms with E-state index < -0.39 is 5.82 Å². The van der Waals surface area contributed by atoms with E-state index in [0.717, 1.165) is 38.8 Å². The number of anilines is 1. The van der Waals surface area contributed by atoms with E-state index in [-0.39, 0.29) is 36.0 Å². The number of hydrogen-bond acceptors (Lipinski definition) is 3. The number of nitrogens with one attached hydrogen (secondary N) is 3. The predicted molar refractivity (Wildman–Crippen MR) is 106 cm³/mol. The Kier molecular flexibility index (Phi) is 8.31. The third-order valence-electron chi connectivity index (χ3n) is 5.16. The summed E-state index contributed by atoms with van der Waals surface area (Å²) in [6, 6.07) is 5.73. The normalized spacial score (nSPS) is 22.5. The maximum absolute atomic E-state index is 13.7. The highest BCUT2D eigenvalue weighted by Gasteiger charge is 2.29. The van der Waals surface area contributed by atoms with Gasteiger partial charge in [-0.2, -0.15) is 0 Å². The van der Waals surface area contributed by atoms with Crippen LogP contribution >= 0.6 is 12.4 Å². The maximum atomic E-state index is 13.7. The van der Waals surface area contributed by atoms with Gasteiger partial charge in [-0.05, 0) is 56.8 Å². The molecule has 0 radical (unpaired) electrons. The minimum absolute atomic E-state index is 0. The highest BCUT2D eigenvalue weighted by Crippen LogP contribution is 2.19. The van der Waals surface area contributed by atoms with Crippen molar-refractivity contribution in [3.8, 4) is 0 Å². The molecule has 2 aliphatic heterocycles. The number of halogens is 2. The van der Waals surface area contributed by atoms with E-state index in [1.54, 1.807) is 17.0 Å². The lowest BCUT2D eigenvalue weighted by Gasteiger charge is -2.32. The van der Waals surface area contributed by atoms with E-state index >= 15 is 0 Å². The molecule has 0 spiro atoms. The Morgan fingerprint density at radius 2 is 2.04 bits per heavy atom. The molecule has 2 atom stereocenters. The van der Waals surface area contributed by atoms with Gasteiger partial charge in [0.25, 0.3) is 0 Å². The summed E-state index contributed by atoms with van der Waals surface area (Å²) in [5.41, 5.74) is 0.161. The average Bonchev–Trinajstić information content (AvgIpc) is 2.69. The minimum atomic E-state index is -0.465. The lowest BCUT2D eigenvalue weighted by atomic mass is 9.96. The first-order valence-corrected chi connectivity index (χ1v) is 9.42. The van der Waals surface area contributed by atoms with E-state index in [1.807, 2.05) is 0 Å². The van der Waals surface area contributed by atoms with E-state index in [4.69, 9.17) is 0 Å². The maximum Gasteiger partial charge on any atom is 0.321 e. The number of amides is 3. The van der Waals surface area contributed by atoms with Crippen molar-refractivity contribution >= 4 is 30.0 Å². The summed E-state index contributed by atoms with van der Waals surface area (Å²) < 4.78 is 13.7. The van der Waals surface area contributed by atoms with Gasteiger partial charge < -0.3 is 20.9 Å². The molecule has 2 aliphatic rings. The molecule has 1 aromatic carbocycles. The van der Waals surface area contributed by atoms with Crippen LogP contribution in [0.25, 0.3) is 0 Å². The summed E-state index contributed by atoms with van der Waals surface area (Å²) >= 11 is 0. The quantitative estimate of drug-likeness (QED) is 0.729. The monoisotopic (exact) mass is 398 g/mol. The number of benzene rings is 1. The van der Waals surface area contributed by atoms with Crippen molar-refractivity contribution in [1.82, 2.24) is 15.5 Å². The smallest absolute Gasteiger partial charge is 0.321 e. The van der Waals surface area contributed by atoms with Gasteiger partial charge >= 0.3 is 6.03 Å². The van der Waals surface area contributed by atoms with Gasteiger partial charge in [-0.25, -0.2) is 9.18 Å². The third-order valence-corrected chi connectivity index (χ3v) is 5.16. The SMILES string of the molecule is Cl.O=C(NCC1CCCNC1)C1CCCN(C(=O)Nc2ccccc2F)C1. The first kappa shape index (κ1) is 21.4. The molecule has 2 saturated heterocycles. The zero-order valence-electron chi connectivity index (χ0n) is 15.4. The number of rotatable bonds is 4. The van der Waals surface area contributed by atoms with Gasteiger partial charge in [-0.15, -0.1) is 12.4 Å². The topological polar surface area (TPSA) is 73.5 Å². The van der Waals surface area contributed by atoms with Crippen LogP contribution in [0.2, 0.25) is 0 Å². The Hall–Kier alpha value is -1.86. The molecule has 0 aliphatic carbocycles. The molecular formula is C19H28ClFN4O2. The number of piperidine rings is 2. The van der Waals surface area contributed by atoms with Gasteiger partial charge in [0.2, 0.25) is 5.91 Å².